The molecule has 0 fully saturated rings. The van der Waals surface area contributed by atoms with Gasteiger partial charge in [-0.3, -0.25) is 0 Å². The smallest absolute Gasteiger partial charge is 0.242 e. The number of pyridine rings is 1. The molecule has 11 rings (SSSR count). The van der Waals surface area contributed by atoms with E-state index < -0.39 is 5.41 Å². The summed E-state index contributed by atoms with van der Waals surface area (Å²) in [6.07, 6.45) is 5.44. The average molecular weight is 924 g/mol. The van der Waals surface area contributed by atoms with Crippen LogP contribution < -0.4 is 23.8 Å². The van der Waals surface area contributed by atoms with Gasteiger partial charge in [-0.1, -0.05) is 65.8 Å². The zero-order chi connectivity index (χ0) is 37.9. The average Bonchev–Trinajstić information content (AvgIpc) is 3.74. The van der Waals surface area contributed by atoms with Crippen LogP contribution in [-0.4, -0.2) is 42.3 Å². The molecule has 0 saturated heterocycles. The maximum absolute atomic E-state index is 6.87. The Labute approximate surface area is 345 Å². The third-order valence-corrected chi connectivity index (χ3v) is 11.4. The molecule has 2 aliphatic heterocycles. The number of nitrogens with zero attached hydrogens (tertiary/aromatic N) is 6. The van der Waals surface area contributed by atoms with E-state index in [2.05, 4.69) is 161 Å². The predicted octanol–water partition coefficient (Wildman–Crippen LogP) is 9.07. The van der Waals surface area contributed by atoms with Crippen molar-refractivity contribution in [2.45, 2.75) is 5.41 Å². The third-order valence-electron chi connectivity index (χ3n) is 11.4. The van der Waals surface area contributed by atoms with E-state index in [0.29, 0.717) is 11.5 Å². The number of para-hydroxylation sites is 2. The van der Waals surface area contributed by atoms with Crippen LogP contribution in [-0.2, 0) is 33.5 Å². The van der Waals surface area contributed by atoms with Crippen LogP contribution in [0.15, 0.2) is 128 Å². The van der Waals surface area contributed by atoms with Gasteiger partial charge in [-0.05, 0) is 53.4 Å². The van der Waals surface area contributed by atoms with Crippen LogP contribution in [0.25, 0.3) is 44.3 Å². The molecule has 0 atom stereocenters. The maximum atomic E-state index is 6.87. The number of benzene rings is 6. The quantitative estimate of drug-likeness (QED) is 0.128. The van der Waals surface area contributed by atoms with Gasteiger partial charge in [0, 0.05) is 100 Å². The van der Waals surface area contributed by atoms with Crippen molar-refractivity contribution in [1.29, 1.82) is 0 Å². The number of imidazole rings is 1. The van der Waals surface area contributed by atoms with E-state index >= 15 is 0 Å². The molecule has 9 aromatic rings. The monoisotopic (exact) mass is 923 g/mol. The van der Waals surface area contributed by atoms with Crippen molar-refractivity contribution in [2.24, 2.45) is 7.05 Å². The number of aromatic nitrogens is 4. The van der Waals surface area contributed by atoms with E-state index in [4.69, 9.17) is 14.5 Å². The maximum Gasteiger partial charge on any atom is 0.242 e. The first kappa shape index (κ1) is 35.1. The van der Waals surface area contributed by atoms with Crippen molar-refractivity contribution in [2.75, 3.05) is 38.0 Å². The second kappa shape index (κ2) is 12.8. The normalized spacial score (nSPS) is 13.1. The van der Waals surface area contributed by atoms with Gasteiger partial charge in [0.05, 0.1) is 18.1 Å². The Bertz CT molecular complexity index is 3020. The van der Waals surface area contributed by atoms with Gasteiger partial charge >= 0.3 is 0 Å². The molecule has 0 amide bonds. The van der Waals surface area contributed by atoms with Crippen LogP contribution >= 0.6 is 0 Å². The Kier molecular flexibility index (Phi) is 7.90. The van der Waals surface area contributed by atoms with Crippen molar-refractivity contribution in [3.05, 3.63) is 168 Å². The zero-order valence-corrected chi connectivity index (χ0v) is 34.2. The summed E-state index contributed by atoms with van der Waals surface area (Å²) in [4.78, 5) is 9.07. The number of ether oxygens (including phenoxy) is 2. The van der Waals surface area contributed by atoms with E-state index in [9.17, 15) is 0 Å². The van der Waals surface area contributed by atoms with E-state index in [1.807, 2.05) is 43.6 Å². The van der Waals surface area contributed by atoms with Crippen LogP contribution in [0, 0.1) is 18.5 Å². The van der Waals surface area contributed by atoms with Gasteiger partial charge in [0.25, 0.3) is 0 Å². The van der Waals surface area contributed by atoms with Gasteiger partial charge in [0.2, 0.25) is 6.33 Å². The van der Waals surface area contributed by atoms with Gasteiger partial charge in [-0.25, -0.2) is 4.98 Å². The summed E-state index contributed by atoms with van der Waals surface area (Å²) < 4.78 is 20.0. The Hall–Kier alpha value is -6.37. The molecule has 3 aromatic heterocycles. The fraction of sp³-hybridized carbons (Fsp3) is 0.125. The summed E-state index contributed by atoms with van der Waals surface area (Å²) in [7, 11) is 10.4. The number of anilines is 2. The van der Waals surface area contributed by atoms with E-state index in [0.717, 1.165) is 89.5 Å². The minimum Gasteiger partial charge on any atom is -0.510 e. The summed E-state index contributed by atoms with van der Waals surface area (Å²) in [5.41, 5.74) is 10.7. The summed E-state index contributed by atoms with van der Waals surface area (Å²) in [6.45, 7) is 0. The van der Waals surface area contributed by atoms with E-state index in [1.54, 1.807) is 0 Å². The van der Waals surface area contributed by atoms with Gasteiger partial charge < -0.3 is 33.0 Å². The van der Waals surface area contributed by atoms with Crippen LogP contribution in [0.2, 0.25) is 0 Å². The topological polar surface area (TPSA) is 51.6 Å². The summed E-state index contributed by atoms with van der Waals surface area (Å²) >= 11 is 0. The van der Waals surface area contributed by atoms with Crippen LogP contribution in [0.4, 0.5) is 11.4 Å². The summed E-state index contributed by atoms with van der Waals surface area (Å²) in [5, 5.41) is 2.21. The first-order valence-corrected chi connectivity index (χ1v) is 18.7. The zero-order valence-electron chi connectivity index (χ0n) is 31.9. The molecular weight excluding hydrogens is 888 g/mol. The Morgan fingerprint density at radius 3 is 2.09 bits per heavy atom. The van der Waals surface area contributed by atoms with Crippen molar-refractivity contribution < 1.29 is 35.1 Å². The van der Waals surface area contributed by atoms with Crippen molar-refractivity contribution >= 4 is 44.2 Å². The Morgan fingerprint density at radius 2 is 1.37 bits per heavy atom. The molecule has 0 N–H and O–H groups in total. The molecular formula is C48H36N6O2Pt-2. The van der Waals surface area contributed by atoms with Crippen molar-refractivity contribution in [3.63, 3.8) is 0 Å². The van der Waals surface area contributed by atoms with E-state index in [-0.39, 0.29) is 21.1 Å². The second-order valence-corrected chi connectivity index (χ2v) is 14.9. The molecule has 6 aromatic carbocycles. The third kappa shape index (κ3) is 4.83. The van der Waals surface area contributed by atoms with Crippen LogP contribution in [0.1, 0.15) is 22.3 Å². The van der Waals surface area contributed by atoms with Crippen LogP contribution in [0.5, 0.6) is 23.0 Å². The molecule has 57 heavy (non-hydrogen) atoms. The number of rotatable bonds is 5. The minimum atomic E-state index is -0.793. The molecule has 5 heterocycles. The molecule has 282 valence electrons. The fourth-order valence-electron chi connectivity index (χ4n) is 9.17. The molecule has 0 unspecified atom stereocenters. The number of hydrogen-bond acceptors (Lipinski definition) is 5. The van der Waals surface area contributed by atoms with Crippen molar-refractivity contribution in [3.8, 4) is 34.5 Å². The number of fused-ring (bicyclic) bond motifs is 11. The molecule has 9 heteroatoms. The molecule has 0 saturated carbocycles. The van der Waals surface area contributed by atoms with E-state index in [1.165, 1.54) is 0 Å². The number of hydrogen-bond donors (Lipinski definition) is 0. The van der Waals surface area contributed by atoms with Gasteiger partial charge in [-0.15, -0.1) is 35.2 Å². The Morgan fingerprint density at radius 1 is 0.684 bits per heavy atom. The molecule has 0 bridgehead atoms. The molecule has 0 aliphatic carbocycles. The first-order chi connectivity index (χ1) is 27.3. The minimum absolute atomic E-state index is 0. The van der Waals surface area contributed by atoms with Gasteiger partial charge in [0.15, 0.2) is 0 Å². The summed E-state index contributed by atoms with van der Waals surface area (Å²) in [5.74, 6) is 3.62. The standard InChI is InChI=1S/C48H36N6O2.Pt/c1-50(2)37-16-11-19-42-45(37)48(46-38(51(3)4)17-12-20-43(46)56-42)34-25-23-31(28-41(34)53-29-52(5)39-18-10-14-35(48)47(39)53)55-30-22-24-33-32-13-6-7-15-36(32)54(40(33)27-30)44-21-8-9-26-49-44;/h6-26H,1-5H3;/q-2;. The molecule has 0 radical (unpaired) electrons. The summed E-state index contributed by atoms with van der Waals surface area (Å²) in [6, 6.07) is 49.3. The first-order valence-electron chi connectivity index (χ1n) is 18.7. The largest absolute Gasteiger partial charge is 0.510 e. The van der Waals surface area contributed by atoms with Crippen LogP contribution in [0.3, 0.4) is 0 Å². The second-order valence-electron chi connectivity index (χ2n) is 14.9. The SMILES string of the molecule is CN(C)c1cccc2c1C1(c3ccc(Oc4[c-]c5c(cc4)c4ccccc4n5-c4ccccn4)[c-]c3-n3[c-][n+](C)c4cccc1c43)c1c(cccc1N(C)C)O2.[Pt]. The Balaban J connectivity index is 0.00000396. The predicted molar refractivity (Wildman–Crippen MR) is 220 cm³/mol. The molecule has 8 nitrogen and oxygen atoms in total. The van der Waals surface area contributed by atoms with Gasteiger partial charge in [0.1, 0.15) is 17.3 Å². The fourth-order valence-corrected chi connectivity index (χ4v) is 9.17. The van der Waals surface area contributed by atoms with Gasteiger partial charge in [-0.2, -0.15) is 12.1 Å². The number of aryl methyl sites for hydroxylation is 1. The molecule has 2 aliphatic rings. The van der Waals surface area contributed by atoms with Crippen molar-refractivity contribution in [1.82, 2.24) is 14.1 Å². The molecule has 1 spiro atoms.